The number of anilines is 2. The molecule has 0 unspecified atom stereocenters. The summed E-state index contributed by atoms with van der Waals surface area (Å²) in [5.41, 5.74) is 5.91. The zero-order valence-electron chi connectivity index (χ0n) is 12.5. The fourth-order valence-electron chi connectivity index (χ4n) is 2.67. The van der Waals surface area contributed by atoms with Crippen LogP contribution in [0.4, 0.5) is 10.9 Å². The Morgan fingerprint density at radius 2 is 2.10 bits per heavy atom. The smallest absolute Gasteiger partial charge is 0.267 e. The predicted octanol–water partition coefficient (Wildman–Crippen LogP) is 1.47. The molecule has 2 heterocycles. The van der Waals surface area contributed by atoms with Crippen LogP contribution in [-0.4, -0.2) is 59.5 Å². The van der Waals surface area contributed by atoms with Gasteiger partial charge in [-0.25, -0.2) is 4.98 Å². The molecule has 3 rings (SSSR count). The molecule has 2 fully saturated rings. The van der Waals surface area contributed by atoms with E-state index in [-0.39, 0.29) is 5.91 Å². The van der Waals surface area contributed by atoms with Gasteiger partial charge in [-0.1, -0.05) is 18.3 Å². The molecule has 2 aliphatic rings. The molecule has 1 saturated heterocycles. The number of hydrogen-bond donors (Lipinski definition) is 2. The quantitative estimate of drug-likeness (QED) is 0.861. The topological polar surface area (TPSA) is 74.5 Å². The van der Waals surface area contributed by atoms with Gasteiger partial charge in [0.2, 0.25) is 0 Å². The van der Waals surface area contributed by atoms with Crippen molar-refractivity contribution in [1.29, 1.82) is 0 Å². The van der Waals surface area contributed by atoms with Crippen LogP contribution in [0.5, 0.6) is 0 Å². The van der Waals surface area contributed by atoms with Gasteiger partial charge in [-0.05, 0) is 19.3 Å². The van der Waals surface area contributed by atoms with E-state index in [0.717, 1.165) is 50.3 Å². The first kappa shape index (κ1) is 14.6. The Labute approximate surface area is 129 Å². The van der Waals surface area contributed by atoms with Crippen LogP contribution in [0.15, 0.2) is 0 Å². The lowest BCUT2D eigenvalue weighted by atomic mass is 10.3. The predicted molar refractivity (Wildman–Crippen MR) is 85.8 cm³/mol. The summed E-state index contributed by atoms with van der Waals surface area (Å²) in [6.07, 6.45) is 3.66. The van der Waals surface area contributed by atoms with Gasteiger partial charge >= 0.3 is 0 Å². The molecule has 1 amide bonds. The van der Waals surface area contributed by atoms with Gasteiger partial charge < -0.3 is 16.0 Å². The molecule has 0 aromatic carbocycles. The zero-order chi connectivity index (χ0) is 14.8. The highest BCUT2D eigenvalue weighted by Gasteiger charge is 2.33. The molecule has 1 aliphatic carbocycles. The van der Waals surface area contributed by atoms with Crippen molar-refractivity contribution in [3.63, 3.8) is 0 Å². The minimum atomic E-state index is 0.0324. The van der Waals surface area contributed by atoms with E-state index in [1.54, 1.807) is 0 Å². The van der Waals surface area contributed by atoms with Crippen LogP contribution >= 0.6 is 11.3 Å². The van der Waals surface area contributed by atoms with E-state index >= 15 is 0 Å². The number of rotatable bonds is 5. The molecule has 0 bridgehead atoms. The second-order valence-corrected chi connectivity index (χ2v) is 6.72. The van der Waals surface area contributed by atoms with Gasteiger partial charge in [-0.2, -0.15) is 0 Å². The Morgan fingerprint density at radius 1 is 1.38 bits per heavy atom. The van der Waals surface area contributed by atoms with E-state index in [1.807, 2.05) is 4.90 Å². The molecule has 7 heteroatoms. The number of piperazine rings is 1. The summed E-state index contributed by atoms with van der Waals surface area (Å²) in [7, 11) is 0. The van der Waals surface area contributed by atoms with E-state index in [9.17, 15) is 4.79 Å². The Morgan fingerprint density at radius 3 is 2.71 bits per heavy atom. The lowest BCUT2D eigenvalue weighted by Crippen LogP contribution is -2.49. The number of nitrogens with two attached hydrogens (primary N) is 1. The fraction of sp³-hybridized carbons (Fsp3) is 0.714. The van der Waals surface area contributed by atoms with Crippen LogP contribution < -0.4 is 11.1 Å². The number of carbonyl (C=O) groups excluding carboxylic acids is 1. The SMILES string of the molecule is CCCNc1nc(N)c(C(=O)N2CCN(C3CC3)CC2)s1. The van der Waals surface area contributed by atoms with Crippen molar-refractivity contribution in [1.82, 2.24) is 14.8 Å². The first-order chi connectivity index (χ1) is 10.2. The Bertz CT molecular complexity index is 505. The molecule has 1 aromatic rings. The number of nitrogen functional groups attached to an aromatic ring is 1. The third kappa shape index (κ3) is 3.29. The molecule has 1 saturated carbocycles. The van der Waals surface area contributed by atoms with E-state index in [4.69, 9.17) is 5.73 Å². The van der Waals surface area contributed by atoms with Gasteiger partial charge in [-0.3, -0.25) is 9.69 Å². The van der Waals surface area contributed by atoms with Crippen molar-refractivity contribution in [3.8, 4) is 0 Å². The number of thiazole rings is 1. The third-order valence-electron chi connectivity index (χ3n) is 4.04. The van der Waals surface area contributed by atoms with Crippen LogP contribution in [0.2, 0.25) is 0 Å². The molecule has 116 valence electrons. The fourth-order valence-corrected chi connectivity index (χ4v) is 3.54. The summed E-state index contributed by atoms with van der Waals surface area (Å²) in [6, 6.07) is 0.778. The molecule has 6 nitrogen and oxygen atoms in total. The van der Waals surface area contributed by atoms with E-state index < -0.39 is 0 Å². The molecule has 0 radical (unpaired) electrons. The van der Waals surface area contributed by atoms with E-state index in [0.29, 0.717) is 10.7 Å². The number of hydrogen-bond acceptors (Lipinski definition) is 6. The third-order valence-corrected chi connectivity index (χ3v) is 5.06. The van der Waals surface area contributed by atoms with Crippen molar-refractivity contribution < 1.29 is 4.79 Å². The van der Waals surface area contributed by atoms with Crippen molar-refractivity contribution in [2.45, 2.75) is 32.2 Å². The van der Waals surface area contributed by atoms with Crippen LogP contribution in [0.1, 0.15) is 35.9 Å². The number of nitrogens with zero attached hydrogens (tertiary/aromatic N) is 3. The molecular formula is C14H23N5OS. The lowest BCUT2D eigenvalue weighted by Gasteiger charge is -2.34. The minimum Gasteiger partial charge on any atom is -0.382 e. The second-order valence-electron chi connectivity index (χ2n) is 5.72. The van der Waals surface area contributed by atoms with Crippen LogP contribution in [0.25, 0.3) is 0 Å². The number of carbonyl (C=O) groups is 1. The van der Waals surface area contributed by atoms with Gasteiger partial charge in [0.15, 0.2) is 5.13 Å². The highest BCUT2D eigenvalue weighted by molar-refractivity contribution is 7.18. The van der Waals surface area contributed by atoms with Gasteiger partial charge in [0.25, 0.3) is 5.91 Å². The summed E-state index contributed by atoms with van der Waals surface area (Å²) < 4.78 is 0. The van der Waals surface area contributed by atoms with Gasteiger partial charge in [0.1, 0.15) is 10.7 Å². The summed E-state index contributed by atoms with van der Waals surface area (Å²) in [4.78, 5) is 21.8. The van der Waals surface area contributed by atoms with Crippen molar-refractivity contribution in [3.05, 3.63) is 4.88 Å². The lowest BCUT2D eigenvalue weighted by molar-refractivity contribution is 0.0633. The molecule has 3 N–H and O–H groups in total. The maximum absolute atomic E-state index is 12.6. The molecule has 0 atom stereocenters. The van der Waals surface area contributed by atoms with E-state index in [2.05, 4.69) is 22.1 Å². The maximum Gasteiger partial charge on any atom is 0.267 e. The molecule has 1 aromatic heterocycles. The zero-order valence-corrected chi connectivity index (χ0v) is 13.3. The number of nitrogens with one attached hydrogen (secondary N) is 1. The normalized spacial score (nSPS) is 19.8. The summed E-state index contributed by atoms with van der Waals surface area (Å²) in [6.45, 7) is 6.50. The average Bonchev–Trinajstić information content (AvgIpc) is 3.28. The largest absolute Gasteiger partial charge is 0.382 e. The molecule has 1 aliphatic heterocycles. The first-order valence-corrected chi connectivity index (χ1v) is 8.54. The monoisotopic (exact) mass is 309 g/mol. The van der Waals surface area contributed by atoms with E-state index in [1.165, 1.54) is 24.2 Å². The summed E-state index contributed by atoms with van der Waals surface area (Å²) >= 11 is 1.37. The molecule has 0 spiro atoms. The van der Waals surface area contributed by atoms with Crippen LogP contribution in [-0.2, 0) is 0 Å². The Hall–Kier alpha value is -1.34. The highest BCUT2D eigenvalue weighted by Crippen LogP contribution is 2.29. The standard InChI is InChI=1S/C14H23N5OS/c1-2-5-16-14-17-12(15)11(21-14)13(20)19-8-6-18(7-9-19)10-3-4-10/h10H,2-9,15H2,1H3,(H,16,17). The molecule has 21 heavy (non-hydrogen) atoms. The van der Waals surface area contributed by atoms with Crippen molar-refractivity contribution in [2.24, 2.45) is 0 Å². The minimum absolute atomic E-state index is 0.0324. The van der Waals surface area contributed by atoms with Gasteiger partial charge in [0, 0.05) is 38.8 Å². The Balaban J connectivity index is 1.60. The maximum atomic E-state index is 12.6. The highest BCUT2D eigenvalue weighted by atomic mass is 32.1. The van der Waals surface area contributed by atoms with Gasteiger partial charge in [0.05, 0.1) is 0 Å². The number of aromatic nitrogens is 1. The van der Waals surface area contributed by atoms with Crippen molar-refractivity contribution >= 4 is 28.2 Å². The average molecular weight is 309 g/mol. The second kappa shape index (κ2) is 6.19. The number of amides is 1. The summed E-state index contributed by atoms with van der Waals surface area (Å²) in [5.74, 6) is 0.387. The Kier molecular flexibility index (Phi) is 4.30. The summed E-state index contributed by atoms with van der Waals surface area (Å²) in [5, 5.41) is 3.94. The first-order valence-electron chi connectivity index (χ1n) is 7.72. The van der Waals surface area contributed by atoms with Gasteiger partial charge in [-0.15, -0.1) is 0 Å². The van der Waals surface area contributed by atoms with Crippen molar-refractivity contribution in [2.75, 3.05) is 43.8 Å². The van der Waals surface area contributed by atoms with Crippen LogP contribution in [0.3, 0.4) is 0 Å². The van der Waals surface area contributed by atoms with Crippen LogP contribution in [0, 0.1) is 0 Å². The molecular weight excluding hydrogens is 286 g/mol.